The van der Waals surface area contributed by atoms with Gasteiger partial charge in [-0.15, -0.1) is 0 Å². The van der Waals surface area contributed by atoms with E-state index in [4.69, 9.17) is 4.98 Å². The standard InChI is InChI=1S/C23H25N5O/c1-17-14-22(28-12-10-27(2)11-13-28)26-21-7-6-19(15-20(17)21)25-23(29)8-5-18-4-3-9-24-16-18/h3-9,14-16H,10-13H2,1-2H3,(H,25,29)/b8-5-. The molecule has 0 aliphatic carbocycles. The summed E-state index contributed by atoms with van der Waals surface area (Å²) < 4.78 is 0. The summed E-state index contributed by atoms with van der Waals surface area (Å²) >= 11 is 0. The molecule has 6 heteroatoms. The Labute approximate surface area is 170 Å². The maximum absolute atomic E-state index is 12.2. The van der Waals surface area contributed by atoms with Gasteiger partial charge in [-0.05, 0) is 61.5 Å². The first-order valence-electron chi connectivity index (χ1n) is 9.82. The molecular weight excluding hydrogens is 362 g/mol. The van der Waals surface area contributed by atoms with E-state index in [0.29, 0.717) is 0 Å². The molecule has 1 fully saturated rings. The third kappa shape index (κ3) is 4.60. The van der Waals surface area contributed by atoms with Gasteiger partial charge in [0.15, 0.2) is 0 Å². The molecular formula is C23H25N5O. The Hall–Kier alpha value is -3.25. The van der Waals surface area contributed by atoms with Crippen LogP contribution in [0.5, 0.6) is 0 Å². The summed E-state index contributed by atoms with van der Waals surface area (Å²) in [5.41, 5.74) is 3.75. The van der Waals surface area contributed by atoms with Crippen LogP contribution in [-0.4, -0.2) is 54.0 Å². The molecule has 0 atom stereocenters. The van der Waals surface area contributed by atoms with Crippen molar-refractivity contribution in [3.63, 3.8) is 0 Å². The number of aryl methyl sites for hydroxylation is 1. The Balaban J connectivity index is 1.50. The molecule has 0 unspecified atom stereocenters. The minimum atomic E-state index is -0.173. The lowest BCUT2D eigenvalue weighted by Crippen LogP contribution is -2.44. The predicted octanol–water partition coefficient (Wildman–Crippen LogP) is 3.34. The molecule has 3 heterocycles. The number of anilines is 2. The molecule has 2 aromatic heterocycles. The van der Waals surface area contributed by atoms with Crippen molar-refractivity contribution in [3.8, 4) is 0 Å². The molecule has 148 valence electrons. The SMILES string of the molecule is Cc1cc(N2CCN(C)CC2)nc2ccc(NC(=O)/C=C\c3cccnc3)cc12. The number of nitrogens with one attached hydrogen (secondary N) is 1. The van der Waals surface area contributed by atoms with Gasteiger partial charge in [-0.3, -0.25) is 9.78 Å². The van der Waals surface area contributed by atoms with Crippen LogP contribution in [0.15, 0.2) is 54.9 Å². The van der Waals surface area contributed by atoms with Crippen LogP contribution in [0.1, 0.15) is 11.1 Å². The average Bonchev–Trinajstić information content (AvgIpc) is 2.74. The number of benzene rings is 1. The molecule has 1 amide bonds. The highest BCUT2D eigenvalue weighted by atomic mass is 16.1. The summed E-state index contributed by atoms with van der Waals surface area (Å²) in [6, 6.07) is 11.7. The highest BCUT2D eigenvalue weighted by Gasteiger charge is 2.16. The molecule has 0 bridgehead atoms. The Kier molecular flexibility index (Phi) is 5.53. The Morgan fingerprint density at radius 3 is 2.72 bits per heavy atom. The van der Waals surface area contributed by atoms with Crippen LogP contribution < -0.4 is 10.2 Å². The van der Waals surface area contributed by atoms with Crippen molar-refractivity contribution >= 4 is 34.4 Å². The Morgan fingerprint density at radius 1 is 1.14 bits per heavy atom. The van der Waals surface area contributed by atoms with Crippen LogP contribution in [0, 0.1) is 6.92 Å². The number of fused-ring (bicyclic) bond motifs is 1. The fraction of sp³-hybridized carbons (Fsp3) is 0.261. The van der Waals surface area contributed by atoms with Crippen molar-refractivity contribution in [3.05, 3.63) is 66.0 Å². The second-order valence-electron chi connectivity index (χ2n) is 7.43. The van der Waals surface area contributed by atoms with Crippen molar-refractivity contribution in [2.24, 2.45) is 0 Å². The molecule has 1 N–H and O–H groups in total. The smallest absolute Gasteiger partial charge is 0.248 e. The first kappa shape index (κ1) is 19.1. The number of piperazine rings is 1. The van der Waals surface area contributed by atoms with Crippen LogP contribution in [0.3, 0.4) is 0 Å². The monoisotopic (exact) mass is 387 g/mol. The zero-order valence-corrected chi connectivity index (χ0v) is 16.8. The second kappa shape index (κ2) is 8.41. The summed E-state index contributed by atoms with van der Waals surface area (Å²) in [7, 11) is 2.15. The van der Waals surface area contributed by atoms with E-state index in [0.717, 1.165) is 59.7 Å². The number of rotatable bonds is 4. The van der Waals surface area contributed by atoms with E-state index in [9.17, 15) is 4.79 Å². The van der Waals surface area contributed by atoms with Crippen LogP contribution >= 0.6 is 0 Å². The number of carbonyl (C=O) groups is 1. The molecule has 0 spiro atoms. The lowest BCUT2D eigenvalue weighted by molar-refractivity contribution is -0.111. The van der Waals surface area contributed by atoms with Gasteiger partial charge in [-0.2, -0.15) is 0 Å². The number of amides is 1. The highest BCUT2D eigenvalue weighted by molar-refractivity contribution is 6.03. The van der Waals surface area contributed by atoms with Gasteiger partial charge in [0.2, 0.25) is 5.91 Å². The van der Waals surface area contributed by atoms with Gasteiger partial charge >= 0.3 is 0 Å². The van der Waals surface area contributed by atoms with E-state index in [-0.39, 0.29) is 5.91 Å². The number of nitrogens with zero attached hydrogens (tertiary/aromatic N) is 4. The van der Waals surface area contributed by atoms with Crippen molar-refractivity contribution in [1.29, 1.82) is 0 Å². The normalized spacial score (nSPS) is 15.2. The van der Waals surface area contributed by atoms with E-state index < -0.39 is 0 Å². The van der Waals surface area contributed by atoms with Crippen LogP contribution in [0.2, 0.25) is 0 Å². The summed E-state index contributed by atoms with van der Waals surface area (Å²) in [4.78, 5) is 25.8. The van der Waals surface area contributed by atoms with Gasteiger partial charge in [0.05, 0.1) is 5.52 Å². The van der Waals surface area contributed by atoms with Crippen molar-refractivity contribution in [1.82, 2.24) is 14.9 Å². The topological polar surface area (TPSA) is 61.4 Å². The molecule has 3 aromatic rings. The summed E-state index contributed by atoms with van der Waals surface area (Å²) in [6.07, 6.45) is 6.69. The van der Waals surface area contributed by atoms with E-state index >= 15 is 0 Å². The third-order valence-electron chi connectivity index (χ3n) is 5.21. The molecule has 0 radical (unpaired) electrons. The van der Waals surface area contributed by atoms with Gasteiger partial charge in [-0.1, -0.05) is 6.07 Å². The van der Waals surface area contributed by atoms with Crippen molar-refractivity contribution in [2.75, 3.05) is 43.4 Å². The lowest BCUT2D eigenvalue weighted by atomic mass is 10.1. The number of likely N-dealkylation sites (N-methyl/N-ethyl adjacent to an activating group) is 1. The number of carbonyl (C=O) groups excluding carboxylic acids is 1. The molecule has 0 saturated carbocycles. The fourth-order valence-corrected chi connectivity index (χ4v) is 3.48. The van der Waals surface area contributed by atoms with Crippen molar-refractivity contribution in [2.45, 2.75) is 6.92 Å². The Bertz CT molecular complexity index is 1040. The van der Waals surface area contributed by atoms with Gasteiger partial charge in [0.1, 0.15) is 5.82 Å². The quantitative estimate of drug-likeness (QED) is 0.696. The molecule has 1 aliphatic rings. The van der Waals surface area contributed by atoms with Gasteiger partial charge in [-0.25, -0.2) is 4.98 Å². The first-order chi connectivity index (χ1) is 14.1. The predicted molar refractivity (Wildman–Crippen MR) is 118 cm³/mol. The maximum Gasteiger partial charge on any atom is 0.248 e. The minimum Gasteiger partial charge on any atom is -0.354 e. The average molecular weight is 387 g/mol. The van der Waals surface area contributed by atoms with Crippen LogP contribution in [-0.2, 0) is 4.79 Å². The largest absolute Gasteiger partial charge is 0.354 e. The minimum absolute atomic E-state index is 0.173. The molecule has 1 saturated heterocycles. The maximum atomic E-state index is 12.2. The molecule has 4 rings (SSSR count). The van der Waals surface area contributed by atoms with Crippen LogP contribution in [0.25, 0.3) is 17.0 Å². The number of pyridine rings is 2. The fourth-order valence-electron chi connectivity index (χ4n) is 3.48. The van der Waals surface area contributed by atoms with Crippen LogP contribution in [0.4, 0.5) is 11.5 Å². The molecule has 6 nitrogen and oxygen atoms in total. The zero-order chi connectivity index (χ0) is 20.2. The number of aromatic nitrogens is 2. The molecule has 1 aromatic carbocycles. The molecule has 1 aliphatic heterocycles. The van der Waals surface area contributed by atoms with Gasteiger partial charge in [0.25, 0.3) is 0 Å². The van der Waals surface area contributed by atoms with E-state index in [1.54, 1.807) is 18.5 Å². The number of hydrogen-bond donors (Lipinski definition) is 1. The highest BCUT2D eigenvalue weighted by Crippen LogP contribution is 2.26. The summed E-state index contributed by atoms with van der Waals surface area (Å²) in [6.45, 7) is 6.18. The first-order valence-corrected chi connectivity index (χ1v) is 9.82. The summed E-state index contributed by atoms with van der Waals surface area (Å²) in [5.74, 6) is 0.854. The van der Waals surface area contributed by atoms with E-state index in [1.165, 1.54) is 6.08 Å². The van der Waals surface area contributed by atoms with Crippen molar-refractivity contribution < 1.29 is 4.79 Å². The van der Waals surface area contributed by atoms with E-state index in [2.05, 4.69) is 40.1 Å². The number of hydrogen-bond acceptors (Lipinski definition) is 5. The second-order valence-corrected chi connectivity index (χ2v) is 7.43. The third-order valence-corrected chi connectivity index (χ3v) is 5.21. The lowest BCUT2D eigenvalue weighted by Gasteiger charge is -2.33. The Morgan fingerprint density at radius 2 is 1.97 bits per heavy atom. The zero-order valence-electron chi connectivity index (χ0n) is 16.8. The van der Waals surface area contributed by atoms with Gasteiger partial charge < -0.3 is 15.1 Å². The molecule has 29 heavy (non-hydrogen) atoms. The van der Waals surface area contributed by atoms with Gasteiger partial charge in [0, 0.05) is 55.7 Å². The summed E-state index contributed by atoms with van der Waals surface area (Å²) in [5, 5.41) is 3.98. The van der Waals surface area contributed by atoms with E-state index in [1.807, 2.05) is 30.3 Å².